The highest BCUT2D eigenvalue weighted by atomic mass is 32.1. The van der Waals surface area contributed by atoms with E-state index in [-0.39, 0.29) is 0 Å². The summed E-state index contributed by atoms with van der Waals surface area (Å²) in [6.45, 7) is 8.35. The Balaban J connectivity index is 1.66. The maximum atomic E-state index is 4.66. The van der Waals surface area contributed by atoms with Crippen molar-refractivity contribution in [3.8, 4) is 0 Å². The Morgan fingerprint density at radius 3 is 2.79 bits per heavy atom. The molecule has 3 rings (SSSR count). The van der Waals surface area contributed by atoms with Crippen LogP contribution in [0.1, 0.15) is 28.2 Å². The van der Waals surface area contributed by atoms with Crippen LogP contribution in [0, 0.1) is 13.8 Å². The topological polar surface area (TPSA) is 65.1 Å². The van der Waals surface area contributed by atoms with Gasteiger partial charge in [-0.1, -0.05) is 18.2 Å². The van der Waals surface area contributed by atoms with Crippen LogP contribution >= 0.6 is 11.3 Å². The molecule has 2 aromatic heterocycles. The zero-order valence-corrected chi connectivity index (χ0v) is 15.1. The maximum Gasteiger partial charge on any atom is 0.191 e. The van der Waals surface area contributed by atoms with Crippen molar-refractivity contribution >= 4 is 28.2 Å². The number of hydrogen-bond donors (Lipinski definition) is 3. The molecule has 0 amide bonds. The first-order valence-corrected chi connectivity index (χ1v) is 8.99. The lowest BCUT2D eigenvalue weighted by Gasteiger charge is -2.09. The Bertz CT molecular complexity index is 794. The third kappa shape index (κ3) is 3.94. The molecule has 0 spiro atoms. The number of aryl methyl sites for hydroxylation is 2. The Hall–Kier alpha value is -2.34. The van der Waals surface area contributed by atoms with E-state index in [0.717, 1.165) is 34.4 Å². The molecule has 0 unspecified atom stereocenters. The van der Waals surface area contributed by atoms with E-state index >= 15 is 0 Å². The summed E-state index contributed by atoms with van der Waals surface area (Å²) in [4.78, 5) is 13.9. The van der Waals surface area contributed by atoms with Gasteiger partial charge in [0.25, 0.3) is 0 Å². The van der Waals surface area contributed by atoms with Crippen molar-refractivity contribution in [1.82, 2.24) is 20.6 Å². The van der Waals surface area contributed by atoms with Crippen LogP contribution in [0.4, 0.5) is 0 Å². The van der Waals surface area contributed by atoms with Crippen molar-refractivity contribution in [2.75, 3.05) is 6.54 Å². The first kappa shape index (κ1) is 16.5. The van der Waals surface area contributed by atoms with E-state index in [2.05, 4.69) is 57.6 Å². The molecular weight excluding hydrogens is 318 g/mol. The van der Waals surface area contributed by atoms with Crippen molar-refractivity contribution in [3.63, 3.8) is 0 Å². The lowest BCUT2D eigenvalue weighted by Crippen LogP contribution is -2.36. The number of nitrogens with zero attached hydrogens (tertiary/aromatic N) is 2. The summed E-state index contributed by atoms with van der Waals surface area (Å²) in [5.74, 6) is 0.807. The van der Waals surface area contributed by atoms with Gasteiger partial charge in [0, 0.05) is 22.6 Å². The minimum Gasteiger partial charge on any atom is -0.357 e. The molecule has 6 heteroatoms. The molecule has 1 aromatic carbocycles. The van der Waals surface area contributed by atoms with Gasteiger partial charge < -0.3 is 15.6 Å². The van der Waals surface area contributed by atoms with Crippen LogP contribution in [0.25, 0.3) is 10.9 Å². The quantitative estimate of drug-likeness (QED) is 0.491. The monoisotopic (exact) mass is 341 g/mol. The summed E-state index contributed by atoms with van der Waals surface area (Å²) in [5.41, 5.74) is 3.36. The standard InChI is InChI=1S/C18H23N5S/c1-4-19-18(21-11-17-22-12(2)13(3)24-17)20-10-15-9-14-7-5-6-8-16(14)23-15/h5-9,23H,4,10-11H2,1-3H3,(H2,19,20,21). The van der Waals surface area contributed by atoms with Crippen LogP contribution < -0.4 is 10.6 Å². The molecule has 5 nitrogen and oxygen atoms in total. The van der Waals surface area contributed by atoms with E-state index in [4.69, 9.17) is 0 Å². The smallest absolute Gasteiger partial charge is 0.191 e. The summed E-state index contributed by atoms with van der Waals surface area (Å²) in [5, 5.41) is 8.94. The third-order valence-corrected chi connectivity index (χ3v) is 4.89. The fourth-order valence-electron chi connectivity index (χ4n) is 2.50. The second-order valence-corrected chi connectivity index (χ2v) is 6.97. The lowest BCUT2D eigenvalue weighted by molar-refractivity contribution is 0.807. The highest BCUT2D eigenvalue weighted by Gasteiger charge is 2.05. The minimum atomic E-state index is 0.611. The second-order valence-electron chi connectivity index (χ2n) is 5.68. The number of aliphatic imine (C=N–C) groups is 1. The van der Waals surface area contributed by atoms with Gasteiger partial charge in [-0.05, 0) is 38.3 Å². The molecule has 0 saturated carbocycles. The summed E-state index contributed by atoms with van der Waals surface area (Å²) >= 11 is 1.73. The largest absolute Gasteiger partial charge is 0.357 e. The minimum absolute atomic E-state index is 0.611. The molecule has 0 aliphatic heterocycles. The number of nitrogens with one attached hydrogen (secondary N) is 3. The molecule has 0 aliphatic rings. The molecule has 0 saturated heterocycles. The normalized spacial score (nSPS) is 11.9. The molecule has 3 aromatic rings. The highest BCUT2D eigenvalue weighted by Crippen LogP contribution is 2.16. The first-order valence-electron chi connectivity index (χ1n) is 8.17. The van der Waals surface area contributed by atoms with Gasteiger partial charge in [0.1, 0.15) is 5.01 Å². The Morgan fingerprint density at radius 1 is 1.25 bits per heavy atom. The van der Waals surface area contributed by atoms with E-state index in [9.17, 15) is 0 Å². The van der Waals surface area contributed by atoms with Crippen LogP contribution in [0.15, 0.2) is 35.3 Å². The third-order valence-electron chi connectivity index (χ3n) is 3.82. The number of aromatic amines is 1. The number of guanidine groups is 1. The van der Waals surface area contributed by atoms with Gasteiger partial charge in [-0.2, -0.15) is 0 Å². The number of para-hydroxylation sites is 1. The second kappa shape index (κ2) is 7.49. The number of H-pyrrole nitrogens is 1. The van der Waals surface area contributed by atoms with Crippen molar-refractivity contribution in [2.24, 2.45) is 4.99 Å². The molecule has 24 heavy (non-hydrogen) atoms. The molecule has 0 aliphatic carbocycles. The number of benzene rings is 1. The van der Waals surface area contributed by atoms with E-state index < -0.39 is 0 Å². The summed E-state index contributed by atoms with van der Waals surface area (Å²) < 4.78 is 0. The van der Waals surface area contributed by atoms with Gasteiger partial charge in [-0.15, -0.1) is 11.3 Å². The van der Waals surface area contributed by atoms with E-state index in [0.29, 0.717) is 13.1 Å². The van der Waals surface area contributed by atoms with Crippen LogP contribution in [0.2, 0.25) is 0 Å². The maximum absolute atomic E-state index is 4.66. The van der Waals surface area contributed by atoms with Crippen LogP contribution in [0.3, 0.4) is 0 Å². The lowest BCUT2D eigenvalue weighted by atomic mass is 10.2. The fourth-order valence-corrected chi connectivity index (χ4v) is 3.37. The van der Waals surface area contributed by atoms with Gasteiger partial charge in [0.05, 0.1) is 18.8 Å². The van der Waals surface area contributed by atoms with E-state index in [1.165, 1.54) is 10.3 Å². The van der Waals surface area contributed by atoms with Crippen molar-refractivity contribution < 1.29 is 0 Å². The summed E-state index contributed by atoms with van der Waals surface area (Å²) in [7, 11) is 0. The number of aromatic nitrogens is 2. The van der Waals surface area contributed by atoms with Crippen molar-refractivity contribution in [3.05, 3.63) is 51.6 Å². The SMILES string of the molecule is CCNC(=NCc1cc2ccccc2[nH]1)NCc1nc(C)c(C)s1. The fraction of sp³-hybridized carbons (Fsp3) is 0.333. The van der Waals surface area contributed by atoms with Crippen molar-refractivity contribution in [1.29, 1.82) is 0 Å². The number of fused-ring (bicyclic) bond motifs is 1. The van der Waals surface area contributed by atoms with Crippen LogP contribution in [-0.2, 0) is 13.1 Å². The molecule has 0 radical (unpaired) electrons. The van der Waals surface area contributed by atoms with Crippen LogP contribution in [0.5, 0.6) is 0 Å². The average Bonchev–Trinajstić information content (AvgIpc) is 3.13. The van der Waals surface area contributed by atoms with E-state index in [1.807, 2.05) is 19.1 Å². The van der Waals surface area contributed by atoms with E-state index in [1.54, 1.807) is 11.3 Å². The van der Waals surface area contributed by atoms with Crippen LogP contribution in [-0.4, -0.2) is 22.5 Å². The average molecular weight is 341 g/mol. The van der Waals surface area contributed by atoms with Gasteiger partial charge >= 0.3 is 0 Å². The number of hydrogen-bond acceptors (Lipinski definition) is 3. The molecule has 0 bridgehead atoms. The highest BCUT2D eigenvalue weighted by molar-refractivity contribution is 7.11. The number of rotatable bonds is 5. The Labute approximate surface area is 146 Å². The van der Waals surface area contributed by atoms with Gasteiger partial charge in [-0.3, -0.25) is 0 Å². The molecule has 2 heterocycles. The van der Waals surface area contributed by atoms with Gasteiger partial charge in [-0.25, -0.2) is 9.98 Å². The summed E-state index contributed by atoms with van der Waals surface area (Å²) in [6.07, 6.45) is 0. The predicted octanol–water partition coefficient (Wildman–Crippen LogP) is 3.50. The zero-order chi connectivity index (χ0) is 16.9. The molecule has 0 atom stereocenters. The predicted molar refractivity (Wildman–Crippen MR) is 102 cm³/mol. The molecular formula is C18H23N5S. The summed E-state index contributed by atoms with van der Waals surface area (Å²) in [6, 6.07) is 10.4. The Morgan fingerprint density at radius 2 is 2.08 bits per heavy atom. The number of thiazole rings is 1. The van der Waals surface area contributed by atoms with Crippen molar-refractivity contribution in [2.45, 2.75) is 33.9 Å². The molecule has 126 valence electrons. The zero-order valence-electron chi connectivity index (χ0n) is 14.3. The Kier molecular flexibility index (Phi) is 5.15. The first-order chi connectivity index (χ1) is 11.7. The molecule has 0 fully saturated rings. The molecule has 3 N–H and O–H groups in total. The van der Waals surface area contributed by atoms with Gasteiger partial charge in [0.15, 0.2) is 5.96 Å². The van der Waals surface area contributed by atoms with Gasteiger partial charge in [0.2, 0.25) is 0 Å².